The second-order valence-corrected chi connectivity index (χ2v) is 5.86. The molecule has 0 radical (unpaired) electrons. The van der Waals surface area contributed by atoms with Crippen LogP contribution in [0.4, 0.5) is 0 Å². The Morgan fingerprint density at radius 3 is 2.24 bits per heavy atom. The van der Waals surface area contributed by atoms with Gasteiger partial charge in [-0.25, -0.2) is 0 Å². The number of nitrogens with zero attached hydrogens (tertiary/aromatic N) is 1. The van der Waals surface area contributed by atoms with Gasteiger partial charge in [0.25, 0.3) is 0 Å². The molecular formula is C19H20N2. The van der Waals surface area contributed by atoms with E-state index in [9.17, 15) is 5.26 Å². The third kappa shape index (κ3) is 2.57. The molecule has 2 aromatic rings. The third-order valence-electron chi connectivity index (χ3n) is 4.60. The molecule has 2 nitrogen and oxygen atoms in total. The molecule has 0 aromatic heterocycles. The zero-order valence-electron chi connectivity index (χ0n) is 12.3. The zero-order valence-corrected chi connectivity index (χ0v) is 12.3. The van der Waals surface area contributed by atoms with E-state index in [0.29, 0.717) is 0 Å². The number of nitrogens with one attached hydrogen (secondary N) is 1. The molecule has 0 unspecified atom stereocenters. The van der Waals surface area contributed by atoms with Gasteiger partial charge in [0.05, 0.1) is 6.07 Å². The van der Waals surface area contributed by atoms with Crippen molar-refractivity contribution in [3.63, 3.8) is 0 Å². The van der Waals surface area contributed by atoms with Gasteiger partial charge in [-0.3, -0.25) is 5.32 Å². The average Bonchev–Trinajstić information content (AvgIpc) is 2.53. The summed E-state index contributed by atoms with van der Waals surface area (Å²) in [6, 6.07) is 23.4. The quantitative estimate of drug-likeness (QED) is 0.909. The molecule has 1 N–H and O–H groups in total. The Hall–Kier alpha value is -2.11. The Balaban J connectivity index is 1.81. The Labute approximate surface area is 126 Å². The van der Waals surface area contributed by atoms with E-state index in [1.54, 1.807) is 0 Å². The van der Waals surface area contributed by atoms with Crippen molar-refractivity contribution in [3.05, 3.63) is 71.8 Å². The van der Waals surface area contributed by atoms with Gasteiger partial charge >= 0.3 is 0 Å². The van der Waals surface area contributed by atoms with Crippen molar-refractivity contribution in [2.45, 2.75) is 37.3 Å². The van der Waals surface area contributed by atoms with Crippen LogP contribution in [-0.4, -0.2) is 5.54 Å². The van der Waals surface area contributed by atoms with E-state index in [1.807, 2.05) is 24.3 Å². The molecule has 1 aliphatic rings. The van der Waals surface area contributed by atoms with E-state index in [-0.39, 0.29) is 12.0 Å². The molecule has 0 aliphatic heterocycles. The molecule has 2 aromatic carbocycles. The number of benzene rings is 2. The van der Waals surface area contributed by atoms with Crippen molar-refractivity contribution < 1.29 is 0 Å². The summed E-state index contributed by atoms with van der Waals surface area (Å²) < 4.78 is 0. The molecule has 0 spiro atoms. The molecule has 0 bridgehead atoms. The minimum atomic E-state index is -0.434. The average molecular weight is 276 g/mol. The zero-order chi connectivity index (χ0) is 14.7. The number of hydrogen-bond acceptors (Lipinski definition) is 2. The minimum Gasteiger partial charge on any atom is -0.292 e. The van der Waals surface area contributed by atoms with Crippen LogP contribution in [0.25, 0.3) is 0 Å². The lowest BCUT2D eigenvalue weighted by Gasteiger charge is -2.47. The lowest BCUT2D eigenvalue weighted by atomic mass is 9.64. The fourth-order valence-electron chi connectivity index (χ4n) is 3.26. The standard InChI is InChI=1S/C19H20N2/c1-15(16-8-4-2-5-9-16)21-19(14-20)13-12-18(19)17-10-6-3-7-11-17/h2-11,15,18,21H,12-13H2,1H3/t15-,18-,19+/m0/s1. The second-order valence-electron chi connectivity index (χ2n) is 5.86. The van der Waals surface area contributed by atoms with E-state index in [2.05, 4.69) is 54.7 Å². The van der Waals surface area contributed by atoms with E-state index < -0.39 is 5.54 Å². The van der Waals surface area contributed by atoms with E-state index in [0.717, 1.165) is 12.8 Å². The summed E-state index contributed by atoms with van der Waals surface area (Å²) in [5, 5.41) is 13.3. The van der Waals surface area contributed by atoms with E-state index >= 15 is 0 Å². The van der Waals surface area contributed by atoms with Crippen LogP contribution in [-0.2, 0) is 0 Å². The normalized spacial score (nSPS) is 25.6. The van der Waals surface area contributed by atoms with Crippen LogP contribution < -0.4 is 5.32 Å². The van der Waals surface area contributed by atoms with Crippen LogP contribution in [0.5, 0.6) is 0 Å². The first kappa shape index (κ1) is 13.9. The van der Waals surface area contributed by atoms with Gasteiger partial charge in [0.2, 0.25) is 0 Å². The maximum atomic E-state index is 9.75. The minimum absolute atomic E-state index is 0.178. The molecule has 1 aliphatic carbocycles. The molecule has 1 fully saturated rings. The molecule has 1 saturated carbocycles. The van der Waals surface area contributed by atoms with Crippen molar-refractivity contribution in [1.82, 2.24) is 5.32 Å². The molecule has 0 amide bonds. The summed E-state index contributed by atoms with van der Waals surface area (Å²) >= 11 is 0. The van der Waals surface area contributed by atoms with Gasteiger partial charge in [-0.15, -0.1) is 0 Å². The topological polar surface area (TPSA) is 35.8 Å². The Morgan fingerprint density at radius 1 is 1.10 bits per heavy atom. The molecular weight excluding hydrogens is 256 g/mol. The maximum absolute atomic E-state index is 9.75. The number of nitriles is 1. The van der Waals surface area contributed by atoms with Crippen molar-refractivity contribution in [2.75, 3.05) is 0 Å². The third-order valence-corrected chi connectivity index (χ3v) is 4.60. The van der Waals surface area contributed by atoms with Crippen molar-refractivity contribution in [3.8, 4) is 6.07 Å². The predicted molar refractivity (Wildman–Crippen MR) is 84.8 cm³/mol. The summed E-state index contributed by atoms with van der Waals surface area (Å²) in [5.41, 5.74) is 2.06. The van der Waals surface area contributed by atoms with Gasteiger partial charge in [-0.05, 0) is 30.9 Å². The van der Waals surface area contributed by atoms with Gasteiger partial charge in [0.15, 0.2) is 0 Å². The summed E-state index contributed by atoms with van der Waals surface area (Å²) in [6.45, 7) is 2.13. The Bertz CT molecular complexity index is 630. The fraction of sp³-hybridized carbons (Fsp3) is 0.316. The Kier molecular flexibility index (Phi) is 3.77. The van der Waals surface area contributed by atoms with Gasteiger partial charge in [0, 0.05) is 12.0 Å². The summed E-state index contributed by atoms with van der Waals surface area (Å²) in [4.78, 5) is 0. The summed E-state index contributed by atoms with van der Waals surface area (Å²) in [5.74, 6) is 0.287. The van der Waals surface area contributed by atoms with E-state index in [4.69, 9.17) is 0 Å². The highest BCUT2D eigenvalue weighted by Crippen LogP contribution is 2.46. The summed E-state index contributed by atoms with van der Waals surface area (Å²) in [7, 11) is 0. The summed E-state index contributed by atoms with van der Waals surface area (Å²) in [6.07, 6.45) is 1.99. The van der Waals surface area contributed by atoms with Crippen LogP contribution in [0, 0.1) is 11.3 Å². The first-order chi connectivity index (χ1) is 10.2. The molecule has 21 heavy (non-hydrogen) atoms. The molecule has 106 valence electrons. The van der Waals surface area contributed by atoms with Crippen molar-refractivity contribution in [1.29, 1.82) is 5.26 Å². The smallest absolute Gasteiger partial charge is 0.114 e. The highest BCUT2D eigenvalue weighted by Gasteiger charge is 2.48. The van der Waals surface area contributed by atoms with Gasteiger partial charge < -0.3 is 0 Å². The van der Waals surface area contributed by atoms with Crippen molar-refractivity contribution in [2.24, 2.45) is 0 Å². The highest BCUT2D eigenvalue weighted by molar-refractivity contribution is 5.34. The monoisotopic (exact) mass is 276 g/mol. The predicted octanol–water partition coefficient (Wildman–Crippen LogP) is 4.18. The lowest BCUT2D eigenvalue weighted by Crippen LogP contribution is -2.56. The molecule has 0 heterocycles. The lowest BCUT2D eigenvalue weighted by molar-refractivity contribution is 0.188. The Morgan fingerprint density at radius 2 is 1.71 bits per heavy atom. The van der Waals surface area contributed by atoms with Gasteiger partial charge in [0.1, 0.15) is 5.54 Å². The highest BCUT2D eigenvalue weighted by atomic mass is 15.0. The van der Waals surface area contributed by atoms with Gasteiger partial charge in [-0.1, -0.05) is 60.7 Å². The first-order valence-electron chi connectivity index (χ1n) is 7.54. The largest absolute Gasteiger partial charge is 0.292 e. The van der Waals surface area contributed by atoms with Crippen molar-refractivity contribution >= 4 is 0 Å². The van der Waals surface area contributed by atoms with Gasteiger partial charge in [-0.2, -0.15) is 5.26 Å². The number of rotatable bonds is 4. The second kappa shape index (κ2) is 5.71. The van der Waals surface area contributed by atoms with Crippen LogP contribution in [0.1, 0.15) is 42.9 Å². The molecule has 0 saturated heterocycles. The SMILES string of the molecule is C[C@H](N[C@@]1(C#N)CC[C@H]1c1ccccc1)c1ccccc1. The van der Waals surface area contributed by atoms with E-state index in [1.165, 1.54) is 11.1 Å². The number of hydrogen-bond donors (Lipinski definition) is 1. The van der Waals surface area contributed by atoms with Crippen LogP contribution in [0.15, 0.2) is 60.7 Å². The van der Waals surface area contributed by atoms with Crippen LogP contribution in [0.3, 0.4) is 0 Å². The van der Waals surface area contributed by atoms with Crippen LogP contribution in [0.2, 0.25) is 0 Å². The fourth-order valence-corrected chi connectivity index (χ4v) is 3.26. The first-order valence-corrected chi connectivity index (χ1v) is 7.54. The molecule has 3 atom stereocenters. The maximum Gasteiger partial charge on any atom is 0.114 e. The molecule has 2 heteroatoms. The molecule has 3 rings (SSSR count). The van der Waals surface area contributed by atoms with Crippen LogP contribution >= 0.6 is 0 Å².